The highest BCUT2D eigenvalue weighted by atomic mass is 16.5. The summed E-state index contributed by atoms with van der Waals surface area (Å²) in [4.78, 5) is 20.1. The van der Waals surface area contributed by atoms with Crippen LogP contribution in [0.25, 0.3) is 11.2 Å². The number of nitrogens with zero attached hydrogens (tertiary/aromatic N) is 3. The number of hydrogen-bond acceptors (Lipinski definition) is 4. The molecule has 2 heterocycles. The van der Waals surface area contributed by atoms with Gasteiger partial charge in [0.2, 0.25) is 0 Å². The number of fused-ring (bicyclic) bond motifs is 1. The lowest BCUT2D eigenvalue weighted by atomic mass is 10.1. The molecule has 0 spiro atoms. The number of benzene rings is 1. The van der Waals surface area contributed by atoms with Crippen molar-refractivity contribution in [2.45, 2.75) is 13.5 Å². The molecule has 0 N–H and O–H groups in total. The fourth-order valence-corrected chi connectivity index (χ4v) is 2.32. The summed E-state index contributed by atoms with van der Waals surface area (Å²) >= 11 is 0. The fraction of sp³-hybridized carbons (Fsp3) is 0.188. The summed E-state index contributed by atoms with van der Waals surface area (Å²) in [6.45, 7) is 2.65. The second-order valence-corrected chi connectivity index (χ2v) is 4.78. The second-order valence-electron chi connectivity index (χ2n) is 4.78. The van der Waals surface area contributed by atoms with Crippen LogP contribution in [-0.4, -0.2) is 27.6 Å². The number of aromatic nitrogens is 3. The van der Waals surface area contributed by atoms with Crippen molar-refractivity contribution in [1.29, 1.82) is 0 Å². The molecule has 2 aromatic heterocycles. The zero-order valence-electron chi connectivity index (χ0n) is 11.9. The Morgan fingerprint density at radius 3 is 2.71 bits per heavy atom. The molecule has 5 heteroatoms. The van der Waals surface area contributed by atoms with Gasteiger partial charge in [0.05, 0.1) is 18.2 Å². The van der Waals surface area contributed by atoms with Gasteiger partial charge in [-0.05, 0) is 36.8 Å². The maximum absolute atomic E-state index is 11.4. The van der Waals surface area contributed by atoms with Gasteiger partial charge in [-0.3, -0.25) is 0 Å². The van der Waals surface area contributed by atoms with E-state index in [9.17, 15) is 4.79 Å². The average molecular weight is 281 g/mol. The Labute approximate surface area is 122 Å². The number of hydrogen-bond donors (Lipinski definition) is 0. The number of methoxy groups -OCH3 is 1. The number of rotatable bonds is 3. The van der Waals surface area contributed by atoms with Gasteiger partial charge in [-0.2, -0.15) is 0 Å². The van der Waals surface area contributed by atoms with E-state index >= 15 is 0 Å². The van der Waals surface area contributed by atoms with Gasteiger partial charge in [0.15, 0.2) is 5.65 Å². The molecule has 0 aliphatic carbocycles. The van der Waals surface area contributed by atoms with Crippen LogP contribution in [0.15, 0.2) is 42.6 Å². The predicted molar refractivity (Wildman–Crippen MR) is 79.1 cm³/mol. The second kappa shape index (κ2) is 5.36. The van der Waals surface area contributed by atoms with Gasteiger partial charge < -0.3 is 9.30 Å². The highest BCUT2D eigenvalue weighted by Crippen LogP contribution is 2.16. The van der Waals surface area contributed by atoms with Crippen LogP contribution in [0.1, 0.15) is 21.7 Å². The van der Waals surface area contributed by atoms with Crippen molar-refractivity contribution in [3.05, 3.63) is 59.5 Å². The molecule has 0 unspecified atom stereocenters. The zero-order chi connectivity index (χ0) is 14.8. The molecular weight excluding hydrogens is 266 g/mol. The Morgan fingerprint density at radius 2 is 2.00 bits per heavy atom. The van der Waals surface area contributed by atoms with Gasteiger partial charge in [-0.1, -0.05) is 12.1 Å². The summed E-state index contributed by atoms with van der Waals surface area (Å²) in [5, 5.41) is 0. The third kappa shape index (κ3) is 2.50. The highest BCUT2D eigenvalue weighted by molar-refractivity contribution is 5.89. The lowest BCUT2D eigenvalue weighted by Gasteiger charge is -2.07. The first-order valence-electron chi connectivity index (χ1n) is 6.64. The Hall–Kier alpha value is -2.69. The van der Waals surface area contributed by atoms with Crippen molar-refractivity contribution in [1.82, 2.24) is 14.5 Å². The van der Waals surface area contributed by atoms with Crippen LogP contribution < -0.4 is 0 Å². The van der Waals surface area contributed by atoms with E-state index in [-0.39, 0.29) is 5.97 Å². The maximum Gasteiger partial charge on any atom is 0.337 e. The van der Waals surface area contributed by atoms with Crippen LogP contribution in [0.2, 0.25) is 0 Å². The van der Waals surface area contributed by atoms with Crippen LogP contribution in [0.4, 0.5) is 0 Å². The Bertz CT molecular complexity index is 791. The number of ether oxygens (including phenoxy) is 1. The smallest absolute Gasteiger partial charge is 0.337 e. The molecule has 106 valence electrons. The van der Waals surface area contributed by atoms with Crippen LogP contribution in [-0.2, 0) is 11.3 Å². The number of carbonyl (C=O) groups is 1. The van der Waals surface area contributed by atoms with E-state index in [1.165, 1.54) is 7.11 Å². The Balaban J connectivity index is 1.92. The van der Waals surface area contributed by atoms with Crippen LogP contribution in [0, 0.1) is 6.92 Å². The minimum Gasteiger partial charge on any atom is -0.465 e. The lowest BCUT2D eigenvalue weighted by molar-refractivity contribution is 0.0600. The molecule has 1 aromatic carbocycles. The Kier molecular flexibility index (Phi) is 3.39. The molecule has 3 aromatic rings. The van der Waals surface area contributed by atoms with Gasteiger partial charge in [0, 0.05) is 12.7 Å². The molecular formula is C16H15N3O2. The summed E-state index contributed by atoms with van der Waals surface area (Å²) in [6.07, 6.45) is 1.74. The first kappa shape index (κ1) is 13.3. The standard InChI is InChI=1S/C16H15N3O2/c1-11-18-15-14(4-3-9-17-15)19(11)10-12-5-7-13(8-6-12)16(20)21-2/h3-9H,10H2,1-2H3. The van der Waals surface area contributed by atoms with Gasteiger partial charge in [-0.25, -0.2) is 14.8 Å². The van der Waals surface area contributed by atoms with Gasteiger partial charge in [0.1, 0.15) is 5.82 Å². The molecule has 0 bridgehead atoms. The lowest BCUT2D eigenvalue weighted by Crippen LogP contribution is -2.04. The summed E-state index contributed by atoms with van der Waals surface area (Å²) in [5.74, 6) is 0.593. The minimum absolute atomic E-state index is 0.324. The van der Waals surface area contributed by atoms with Crippen LogP contribution in [0.5, 0.6) is 0 Å². The van der Waals surface area contributed by atoms with Crippen LogP contribution >= 0.6 is 0 Å². The average Bonchev–Trinajstić information content (AvgIpc) is 2.83. The largest absolute Gasteiger partial charge is 0.465 e. The maximum atomic E-state index is 11.4. The number of imidazole rings is 1. The molecule has 0 aliphatic heterocycles. The first-order chi connectivity index (χ1) is 10.2. The molecule has 0 saturated heterocycles. The van der Waals surface area contributed by atoms with E-state index in [2.05, 4.69) is 14.5 Å². The van der Waals surface area contributed by atoms with Crippen molar-refractivity contribution in [2.24, 2.45) is 0 Å². The summed E-state index contributed by atoms with van der Waals surface area (Å²) in [7, 11) is 1.38. The number of aryl methyl sites for hydroxylation is 1. The first-order valence-corrected chi connectivity index (χ1v) is 6.64. The topological polar surface area (TPSA) is 57.0 Å². The number of carbonyl (C=O) groups excluding carboxylic acids is 1. The van der Waals surface area contributed by atoms with Crippen molar-refractivity contribution in [2.75, 3.05) is 7.11 Å². The van der Waals surface area contributed by atoms with Gasteiger partial charge in [0.25, 0.3) is 0 Å². The fourth-order valence-electron chi connectivity index (χ4n) is 2.32. The van der Waals surface area contributed by atoms with E-state index in [0.29, 0.717) is 12.1 Å². The molecule has 0 amide bonds. The quantitative estimate of drug-likeness (QED) is 0.692. The van der Waals surface area contributed by atoms with E-state index in [1.54, 1.807) is 18.3 Å². The third-order valence-electron chi connectivity index (χ3n) is 3.43. The van der Waals surface area contributed by atoms with E-state index in [1.807, 2.05) is 31.2 Å². The van der Waals surface area contributed by atoms with Crippen LogP contribution in [0.3, 0.4) is 0 Å². The molecule has 3 rings (SSSR count). The third-order valence-corrected chi connectivity index (χ3v) is 3.43. The molecule has 21 heavy (non-hydrogen) atoms. The zero-order valence-corrected chi connectivity index (χ0v) is 11.9. The predicted octanol–water partition coefficient (Wildman–Crippen LogP) is 2.57. The van der Waals surface area contributed by atoms with E-state index < -0.39 is 0 Å². The number of pyridine rings is 1. The Morgan fingerprint density at radius 1 is 1.24 bits per heavy atom. The minimum atomic E-state index is -0.324. The number of esters is 1. The van der Waals surface area contributed by atoms with E-state index in [4.69, 9.17) is 4.74 Å². The monoisotopic (exact) mass is 281 g/mol. The SMILES string of the molecule is COC(=O)c1ccc(Cn2c(C)nc3ncccc32)cc1. The highest BCUT2D eigenvalue weighted by Gasteiger charge is 2.09. The molecule has 0 radical (unpaired) electrons. The van der Waals surface area contributed by atoms with Gasteiger partial charge in [-0.15, -0.1) is 0 Å². The van der Waals surface area contributed by atoms with Crippen molar-refractivity contribution < 1.29 is 9.53 Å². The molecule has 0 fully saturated rings. The van der Waals surface area contributed by atoms with Crippen molar-refractivity contribution in [3.63, 3.8) is 0 Å². The molecule has 0 saturated carbocycles. The van der Waals surface area contributed by atoms with Crippen molar-refractivity contribution in [3.8, 4) is 0 Å². The summed E-state index contributed by atoms with van der Waals surface area (Å²) < 4.78 is 6.80. The normalized spacial score (nSPS) is 10.8. The van der Waals surface area contributed by atoms with Crippen molar-refractivity contribution >= 4 is 17.1 Å². The van der Waals surface area contributed by atoms with E-state index in [0.717, 1.165) is 22.6 Å². The van der Waals surface area contributed by atoms with Gasteiger partial charge >= 0.3 is 5.97 Å². The summed E-state index contributed by atoms with van der Waals surface area (Å²) in [6, 6.07) is 11.3. The molecule has 0 aliphatic rings. The molecule has 0 atom stereocenters. The summed E-state index contributed by atoms with van der Waals surface area (Å²) in [5.41, 5.74) is 3.40. The molecule has 5 nitrogen and oxygen atoms in total.